The standard InChI is InChI=1S/C12H12BrN5O2/c1-14-12-16-7-10(18(19)20)11(17-12)15-6-8-2-4-9(13)5-3-8/h2-5,7H,6H2,1H3,(H2,14,15,16,17). The Bertz CT molecular complexity index is 618. The van der Waals surface area contributed by atoms with Gasteiger partial charge in [0.25, 0.3) is 0 Å². The molecule has 2 aromatic rings. The van der Waals surface area contributed by atoms with Gasteiger partial charge in [-0.2, -0.15) is 4.98 Å². The number of nitrogens with one attached hydrogen (secondary N) is 2. The summed E-state index contributed by atoms with van der Waals surface area (Å²) in [5.41, 5.74) is 0.841. The van der Waals surface area contributed by atoms with Gasteiger partial charge >= 0.3 is 5.69 Å². The molecule has 0 radical (unpaired) electrons. The average molecular weight is 338 g/mol. The van der Waals surface area contributed by atoms with Crippen molar-refractivity contribution < 1.29 is 4.92 Å². The molecule has 104 valence electrons. The minimum Gasteiger partial charge on any atom is -0.360 e. The van der Waals surface area contributed by atoms with Crippen LogP contribution in [0.2, 0.25) is 0 Å². The molecule has 8 heteroatoms. The maximum atomic E-state index is 10.9. The van der Waals surface area contributed by atoms with Crippen LogP contribution in [0.15, 0.2) is 34.9 Å². The van der Waals surface area contributed by atoms with Gasteiger partial charge < -0.3 is 10.6 Å². The quantitative estimate of drug-likeness (QED) is 0.643. The van der Waals surface area contributed by atoms with Crippen LogP contribution in [0.25, 0.3) is 0 Å². The summed E-state index contributed by atoms with van der Waals surface area (Å²) in [7, 11) is 1.65. The van der Waals surface area contributed by atoms with Crippen molar-refractivity contribution in [2.75, 3.05) is 17.7 Å². The molecule has 0 bridgehead atoms. The van der Waals surface area contributed by atoms with E-state index in [1.165, 1.54) is 6.20 Å². The summed E-state index contributed by atoms with van der Waals surface area (Å²) in [4.78, 5) is 18.3. The molecule has 1 heterocycles. The first kappa shape index (κ1) is 14.2. The van der Waals surface area contributed by atoms with Gasteiger partial charge in [0.15, 0.2) is 0 Å². The zero-order valence-corrected chi connectivity index (χ0v) is 12.2. The van der Waals surface area contributed by atoms with Gasteiger partial charge in [-0.05, 0) is 17.7 Å². The third-order valence-electron chi connectivity index (χ3n) is 2.56. The number of halogens is 1. The number of benzene rings is 1. The van der Waals surface area contributed by atoms with Gasteiger partial charge in [0.2, 0.25) is 11.8 Å². The largest absolute Gasteiger partial charge is 0.360 e. The van der Waals surface area contributed by atoms with Crippen LogP contribution in [0, 0.1) is 10.1 Å². The molecular formula is C12H12BrN5O2. The van der Waals surface area contributed by atoms with Gasteiger partial charge in [-0.25, -0.2) is 4.98 Å². The van der Waals surface area contributed by atoms with Crippen molar-refractivity contribution in [1.82, 2.24) is 9.97 Å². The zero-order chi connectivity index (χ0) is 14.5. The van der Waals surface area contributed by atoms with Gasteiger partial charge in [-0.15, -0.1) is 0 Å². The van der Waals surface area contributed by atoms with E-state index in [-0.39, 0.29) is 11.5 Å². The van der Waals surface area contributed by atoms with Crippen molar-refractivity contribution in [3.8, 4) is 0 Å². The molecule has 1 aromatic carbocycles. The van der Waals surface area contributed by atoms with Gasteiger partial charge in [0.1, 0.15) is 6.20 Å². The second-order valence-electron chi connectivity index (χ2n) is 3.91. The molecule has 2 rings (SSSR count). The van der Waals surface area contributed by atoms with Crippen molar-refractivity contribution in [3.05, 3.63) is 50.6 Å². The number of nitrogens with zero attached hydrogens (tertiary/aromatic N) is 3. The topological polar surface area (TPSA) is 93.0 Å². The van der Waals surface area contributed by atoms with Gasteiger partial charge in [0, 0.05) is 18.1 Å². The Balaban J connectivity index is 2.18. The van der Waals surface area contributed by atoms with E-state index in [9.17, 15) is 10.1 Å². The van der Waals surface area contributed by atoms with Gasteiger partial charge in [0.05, 0.1) is 4.92 Å². The molecule has 7 nitrogen and oxygen atoms in total. The third-order valence-corrected chi connectivity index (χ3v) is 3.09. The molecule has 2 N–H and O–H groups in total. The molecule has 1 aromatic heterocycles. The van der Waals surface area contributed by atoms with Crippen LogP contribution in [0.1, 0.15) is 5.56 Å². The Morgan fingerprint density at radius 3 is 2.65 bits per heavy atom. The van der Waals surface area contributed by atoms with E-state index in [0.717, 1.165) is 10.0 Å². The van der Waals surface area contributed by atoms with E-state index in [1.807, 2.05) is 24.3 Å². The Morgan fingerprint density at radius 2 is 2.05 bits per heavy atom. The molecule has 0 saturated heterocycles. The molecule has 0 aliphatic rings. The van der Waals surface area contributed by atoms with Crippen LogP contribution in [0.3, 0.4) is 0 Å². The summed E-state index contributed by atoms with van der Waals surface area (Å²) in [5.74, 6) is 0.520. The molecule has 0 atom stereocenters. The van der Waals surface area contributed by atoms with Crippen LogP contribution >= 0.6 is 15.9 Å². The highest BCUT2D eigenvalue weighted by Crippen LogP contribution is 2.22. The average Bonchev–Trinajstić information content (AvgIpc) is 2.46. The summed E-state index contributed by atoms with van der Waals surface area (Å²) in [6, 6.07) is 7.65. The number of anilines is 2. The SMILES string of the molecule is CNc1ncc([N+](=O)[O-])c(NCc2ccc(Br)cc2)n1. The fraction of sp³-hybridized carbons (Fsp3) is 0.167. The first-order valence-electron chi connectivity index (χ1n) is 5.77. The lowest BCUT2D eigenvalue weighted by atomic mass is 10.2. The number of rotatable bonds is 5. The first-order valence-corrected chi connectivity index (χ1v) is 6.57. The lowest BCUT2D eigenvalue weighted by Crippen LogP contribution is -2.07. The van der Waals surface area contributed by atoms with Gasteiger partial charge in [-0.3, -0.25) is 10.1 Å². The summed E-state index contributed by atoms with van der Waals surface area (Å²) < 4.78 is 0.978. The number of aromatic nitrogens is 2. The second-order valence-corrected chi connectivity index (χ2v) is 4.83. The van der Waals surface area contributed by atoms with Crippen molar-refractivity contribution in [2.24, 2.45) is 0 Å². The fourth-order valence-corrected chi connectivity index (χ4v) is 1.81. The third kappa shape index (κ3) is 3.41. The van der Waals surface area contributed by atoms with E-state index >= 15 is 0 Å². The summed E-state index contributed by atoms with van der Waals surface area (Å²) in [6.45, 7) is 0.439. The molecule has 0 aliphatic heterocycles. The number of hydrogen-bond donors (Lipinski definition) is 2. The van der Waals surface area contributed by atoms with E-state index < -0.39 is 4.92 Å². The normalized spacial score (nSPS) is 10.1. The van der Waals surface area contributed by atoms with Crippen molar-refractivity contribution in [2.45, 2.75) is 6.54 Å². The minimum atomic E-state index is -0.511. The molecule has 0 aliphatic carbocycles. The summed E-state index contributed by atoms with van der Waals surface area (Å²) in [5, 5.41) is 16.6. The highest BCUT2D eigenvalue weighted by Gasteiger charge is 2.16. The first-order chi connectivity index (χ1) is 9.60. The summed E-state index contributed by atoms with van der Waals surface area (Å²) >= 11 is 3.35. The number of hydrogen-bond acceptors (Lipinski definition) is 6. The molecule has 0 fully saturated rings. The maximum absolute atomic E-state index is 10.9. The van der Waals surface area contributed by atoms with E-state index in [1.54, 1.807) is 7.05 Å². The van der Waals surface area contributed by atoms with Crippen LogP contribution in [-0.2, 0) is 6.54 Å². The van der Waals surface area contributed by atoms with Crippen molar-refractivity contribution in [1.29, 1.82) is 0 Å². The molecule has 20 heavy (non-hydrogen) atoms. The Morgan fingerprint density at radius 1 is 1.35 bits per heavy atom. The van der Waals surface area contributed by atoms with Gasteiger partial charge in [-0.1, -0.05) is 28.1 Å². The fourth-order valence-electron chi connectivity index (χ4n) is 1.55. The molecular weight excluding hydrogens is 326 g/mol. The van der Waals surface area contributed by atoms with Crippen LogP contribution in [0.5, 0.6) is 0 Å². The molecule has 0 amide bonds. The van der Waals surface area contributed by atoms with Crippen LogP contribution < -0.4 is 10.6 Å². The molecule has 0 saturated carbocycles. The van der Waals surface area contributed by atoms with Crippen molar-refractivity contribution in [3.63, 3.8) is 0 Å². The Hall–Kier alpha value is -2.22. The van der Waals surface area contributed by atoms with E-state index in [2.05, 4.69) is 36.5 Å². The van der Waals surface area contributed by atoms with Crippen LogP contribution in [0.4, 0.5) is 17.5 Å². The lowest BCUT2D eigenvalue weighted by Gasteiger charge is -2.07. The zero-order valence-electron chi connectivity index (χ0n) is 10.6. The molecule has 0 unspecified atom stereocenters. The Kier molecular flexibility index (Phi) is 4.46. The van der Waals surface area contributed by atoms with Crippen LogP contribution in [-0.4, -0.2) is 21.9 Å². The van der Waals surface area contributed by atoms with E-state index in [0.29, 0.717) is 12.5 Å². The predicted octanol–water partition coefficient (Wildman–Crippen LogP) is 2.80. The summed E-state index contributed by atoms with van der Waals surface area (Å²) in [6.07, 6.45) is 1.18. The minimum absolute atomic E-state index is 0.152. The highest BCUT2D eigenvalue weighted by molar-refractivity contribution is 9.10. The van der Waals surface area contributed by atoms with Crippen molar-refractivity contribution >= 4 is 33.4 Å². The maximum Gasteiger partial charge on any atom is 0.329 e. The number of nitro groups is 1. The highest BCUT2D eigenvalue weighted by atomic mass is 79.9. The molecule has 0 spiro atoms. The lowest BCUT2D eigenvalue weighted by molar-refractivity contribution is -0.384. The monoisotopic (exact) mass is 337 g/mol. The smallest absolute Gasteiger partial charge is 0.329 e. The van der Waals surface area contributed by atoms with E-state index in [4.69, 9.17) is 0 Å². The predicted molar refractivity (Wildman–Crippen MR) is 79.7 cm³/mol. The second kappa shape index (κ2) is 6.29. The Labute approximate surface area is 123 Å².